The molecule has 2 heterocycles. The Labute approximate surface area is 160 Å². The number of ether oxygens (including phenoxy) is 1. The van der Waals surface area contributed by atoms with Gasteiger partial charge in [-0.3, -0.25) is 9.59 Å². The molecule has 3 aromatic rings. The van der Waals surface area contributed by atoms with Gasteiger partial charge in [0.25, 0.3) is 0 Å². The topological polar surface area (TPSA) is 75.3 Å². The molecule has 0 unspecified atom stereocenters. The first kappa shape index (κ1) is 17.6. The fourth-order valence-electron chi connectivity index (χ4n) is 3.14. The van der Waals surface area contributed by atoms with E-state index in [2.05, 4.69) is 9.97 Å². The number of carbonyl (C=O) groups excluding carboxylic acids is 2. The number of amides is 2. The molecule has 1 aromatic heterocycles. The van der Waals surface area contributed by atoms with Gasteiger partial charge < -0.3 is 9.72 Å². The van der Waals surface area contributed by atoms with Gasteiger partial charge >= 0.3 is 0 Å². The lowest BCUT2D eigenvalue weighted by molar-refractivity contribution is -0.121. The van der Waals surface area contributed by atoms with Crippen molar-refractivity contribution in [3.8, 4) is 5.75 Å². The molecule has 1 aliphatic rings. The molecule has 2 amide bonds. The highest BCUT2D eigenvalue weighted by molar-refractivity contribution is 7.99. The van der Waals surface area contributed by atoms with Gasteiger partial charge in [0.05, 0.1) is 34.3 Å². The first-order chi connectivity index (χ1) is 13.2. The van der Waals surface area contributed by atoms with Crippen LogP contribution in [0.25, 0.3) is 11.0 Å². The second-order valence-corrected chi connectivity index (χ2v) is 7.39. The number of nitrogens with zero attached hydrogens (tertiary/aromatic N) is 2. The number of rotatable bonds is 6. The van der Waals surface area contributed by atoms with Crippen molar-refractivity contribution in [2.45, 2.75) is 24.3 Å². The number of thioether (sulfide) groups is 1. The predicted molar refractivity (Wildman–Crippen MR) is 106 cm³/mol. The largest absolute Gasteiger partial charge is 0.494 e. The minimum Gasteiger partial charge on any atom is -0.494 e. The van der Waals surface area contributed by atoms with Gasteiger partial charge in [-0.05, 0) is 31.2 Å². The number of aromatic nitrogens is 2. The van der Waals surface area contributed by atoms with Crippen molar-refractivity contribution in [1.29, 1.82) is 0 Å². The highest BCUT2D eigenvalue weighted by Gasteiger charge is 2.40. The second kappa shape index (κ2) is 7.44. The zero-order chi connectivity index (χ0) is 18.8. The van der Waals surface area contributed by atoms with Gasteiger partial charge in [-0.1, -0.05) is 18.2 Å². The van der Waals surface area contributed by atoms with E-state index in [4.69, 9.17) is 4.74 Å². The summed E-state index contributed by atoms with van der Waals surface area (Å²) in [4.78, 5) is 34.3. The third kappa shape index (κ3) is 3.55. The number of hydrogen-bond donors (Lipinski definition) is 1. The monoisotopic (exact) mass is 381 g/mol. The fraction of sp³-hybridized carbons (Fsp3) is 0.250. The van der Waals surface area contributed by atoms with Crippen LogP contribution in [0.3, 0.4) is 0 Å². The Bertz CT molecular complexity index is 968. The lowest BCUT2D eigenvalue weighted by atomic mass is 10.3. The minimum atomic E-state index is -0.401. The molecule has 27 heavy (non-hydrogen) atoms. The number of carbonyl (C=O) groups is 2. The third-order valence-corrected chi connectivity index (χ3v) is 5.56. The Kier molecular flexibility index (Phi) is 4.85. The van der Waals surface area contributed by atoms with Gasteiger partial charge in [0.2, 0.25) is 11.8 Å². The zero-order valence-electron chi connectivity index (χ0n) is 14.8. The Hall–Kier alpha value is -2.80. The predicted octanol–water partition coefficient (Wildman–Crippen LogP) is 3.53. The molecule has 1 N–H and O–H groups in total. The molecule has 1 saturated heterocycles. The number of anilines is 1. The highest BCUT2D eigenvalue weighted by atomic mass is 32.2. The van der Waals surface area contributed by atoms with E-state index in [9.17, 15) is 9.59 Å². The number of imide groups is 1. The number of para-hydroxylation sites is 2. The number of benzene rings is 2. The molecule has 0 aliphatic carbocycles. The van der Waals surface area contributed by atoms with Crippen LogP contribution in [-0.4, -0.2) is 33.6 Å². The molecular formula is C20H19N3O3S. The summed E-state index contributed by atoms with van der Waals surface area (Å²) in [6, 6.07) is 14.9. The minimum absolute atomic E-state index is 0.184. The summed E-state index contributed by atoms with van der Waals surface area (Å²) in [6.07, 6.45) is 0.197. The summed E-state index contributed by atoms with van der Waals surface area (Å²) >= 11 is 1.44. The molecular weight excluding hydrogens is 362 g/mol. The second-order valence-electron chi connectivity index (χ2n) is 6.20. The highest BCUT2D eigenvalue weighted by Crippen LogP contribution is 2.32. The standard InChI is InChI=1S/C20H19N3O3S/c1-2-26-14-7-5-6-13(10-14)23-19(24)11-17(20(23)25)27-12-18-21-15-8-3-4-9-16(15)22-18/h3-10,17H,2,11-12H2,1H3,(H,21,22)/t17-/m1/s1. The van der Waals surface area contributed by atoms with Crippen molar-refractivity contribution in [1.82, 2.24) is 9.97 Å². The first-order valence-electron chi connectivity index (χ1n) is 8.80. The van der Waals surface area contributed by atoms with Crippen LogP contribution in [0.4, 0.5) is 5.69 Å². The summed E-state index contributed by atoms with van der Waals surface area (Å²) in [5.41, 5.74) is 2.43. The van der Waals surface area contributed by atoms with Gasteiger partial charge in [-0.25, -0.2) is 9.88 Å². The number of aromatic amines is 1. The zero-order valence-corrected chi connectivity index (χ0v) is 15.7. The van der Waals surface area contributed by atoms with Crippen LogP contribution >= 0.6 is 11.8 Å². The Balaban J connectivity index is 1.46. The van der Waals surface area contributed by atoms with Crippen LogP contribution in [0.2, 0.25) is 0 Å². The van der Waals surface area contributed by atoms with Crippen LogP contribution in [0.1, 0.15) is 19.2 Å². The van der Waals surface area contributed by atoms with Crippen LogP contribution in [0, 0.1) is 0 Å². The molecule has 7 heteroatoms. The first-order valence-corrected chi connectivity index (χ1v) is 9.85. The molecule has 1 aliphatic heterocycles. The van der Waals surface area contributed by atoms with Crippen molar-refractivity contribution in [3.63, 3.8) is 0 Å². The summed E-state index contributed by atoms with van der Waals surface area (Å²) in [7, 11) is 0. The van der Waals surface area contributed by atoms with E-state index in [1.165, 1.54) is 16.7 Å². The van der Waals surface area contributed by atoms with Crippen molar-refractivity contribution in [2.75, 3.05) is 11.5 Å². The molecule has 0 saturated carbocycles. The molecule has 4 rings (SSSR count). The maximum Gasteiger partial charge on any atom is 0.247 e. The van der Waals surface area contributed by atoms with E-state index in [0.717, 1.165) is 16.9 Å². The Morgan fingerprint density at radius 3 is 2.89 bits per heavy atom. The SMILES string of the molecule is CCOc1cccc(N2C(=O)C[C@@H](SCc3nc4ccccc4[nH]3)C2=O)c1. The van der Waals surface area contributed by atoms with E-state index in [1.807, 2.05) is 37.3 Å². The average molecular weight is 381 g/mol. The van der Waals surface area contributed by atoms with Gasteiger partial charge in [0.15, 0.2) is 0 Å². The van der Waals surface area contributed by atoms with Crippen molar-refractivity contribution in [2.24, 2.45) is 0 Å². The van der Waals surface area contributed by atoms with Gasteiger partial charge in [0.1, 0.15) is 11.6 Å². The molecule has 1 atom stereocenters. The number of imidazole rings is 1. The van der Waals surface area contributed by atoms with Crippen molar-refractivity contribution >= 4 is 40.3 Å². The van der Waals surface area contributed by atoms with E-state index in [0.29, 0.717) is 23.8 Å². The number of fused-ring (bicyclic) bond motifs is 1. The summed E-state index contributed by atoms with van der Waals surface area (Å²) in [5, 5.41) is -0.401. The molecule has 138 valence electrons. The maximum absolute atomic E-state index is 12.8. The van der Waals surface area contributed by atoms with E-state index in [-0.39, 0.29) is 18.2 Å². The molecule has 0 radical (unpaired) electrons. The normalized spacial score (nSPS) is 17.1. The number of H-pyrrole nitrogens is 1. The Morgan fingerprint density at radius 2 is 2.07 bits per heavy atom. The maximum atomic E-state index is 12.8. The molecule has 0 spiro atoms. The molecule has 0 bridgehead atoms. The van der Waals surface area contributed by atoms with E-state index in [1.54, 1.807) is 18.2 Å². The summed E-state index contributed by atoms with van der Waals surface area (Å²) < 4.78 is 5.47. The smallest absolute Gasteiger partial charge is 0.247 e. The van der Waals surface area contributed by atoms with E-state index >= 15 is 0 Å². The van der Waals surface area contributed by atoms with Crippen molar-refractivity contribution in [3.05, 3.63) is 54.4 Å². The van der Waals surface area contributed by atoms with Crippen LogP contribution in [0.5, 0.6) is 5.75 Å². The summed E-state index contributed by atoms with van der Waals surface area (Å²) in [6.45, 7) is 2.42. The third-order valence-electron chi connectivity index (χ3n) is 4.35. The number of hydrogen-bond acceptors (Lipinski definition) is 5. The lowest BCUT2D eigenvalue weighted by Gasteiger charge is -2.16. The van der Waals surface area contributed by atoms with Gasteiger partial charge in [-0.2, -0.15) is 0 Å². The van der Waals surface area contributed by atoms with Gasteiger partial charge in [0, 0.05) is 12.5 Å². The Morgan fingerprint density at radius 1 is 1.22 bits per heavy atom. The molecule has 1 fully saturated rings. The summed E-state index contributed by atoms with van der Waals surface area (Å²) in [5.74, 6) is 1.63. The fourth-order valence-corrected chi connectivity index (χ4v) is 4.14. The average Bonchev–Trinajstić information content (AvgIpc) is 3.20. The quantitative estimate of drug-likeness (QED) is 0.661. The van der Waals surface area contributed by atoms with Crippen LogP contribution in [0.15, 0.2) is 48.5 Å². The molecule has 6 nitrogen and oxygen atoms in total. The van der Waals surface area contributed by atoms with Gasteiger partial charge in [-0.15, -0.1) is 11.8 Å². The lowest BCUT2D eigenvalue weighted by Crippen LogP contribution is -2.31. The van der Waals surface area contributed by atoms with Crippen LogP contribution < -0.4 is 9.64 Å². The van der Waals surface area contributed by atoms with Crippen molar-refractivity contribution < 1.29 is 14.3 Å². The number of nitrogens with one attached hydrogen (secondary N) is 1. The van der Waals surface area contributed by atoms with E-state index < -0.39 is 5.25 Å². The van der Waals surface area contributed by atoms with Crippen LogP contribution in [-0.2, 0) is 15.3 Å². The molecule has 2 aromatic carbocycles.